The summed E-state index contributed by atoms with van der Waals surface area (Å²) in [5, 5.41) is 5.55. The summed E-state index contributed by atoms with van der Waals surface area (Å²) in [6.45, 7) is 0.924. The van der Waals surface area contributed by atoms with Gasteiger partial charge in [-0.2, -0.15) is 0 Å². The Morgan fingerprint density at radius 1 is 0.857 bits per heavy atom. The van der Waals surface area contributed by atoms with E-state index in [0.717, 1.165) is 0 Å². The molecule has 0 radical (unpaired) electrons. The molecule has 4 rings (SSSR count). The highest BCUT2D eigenvalue weighted by Crippen LogP contribution is 2.31. The third-order valence-corrected chi connectivity index (χ3v) is 4.14. The SMILES string of the molecule is O=C(Nc1ccccc1C(=O)Nc1cccnc1)c1ccc2c(c1)OCCO2. The molecule has 2 N–H and O–H groups in total. The predicted octanol–water partition coefficient (Wildman–Crippen LogP) is 3.36. The predicted molar refractivity (Wildman–Crippen MR) is 104 cm³/mol. The topological polar surface area (TPSA) is 89.6 Å². The van der Waals surface area contributed by atoms with Crippen molar-refractivity contribution in [3.05, 3.63) is 78.1 Å². The van der Waals surface area contributed by atoms with Crippen LogP contribution in [0.4, 0.5) is 11.4 Å². The van der Waals surface area contributed by atoms with Crippen LogP contribution in [0.15, 0.2) is 67.0 Å². The lowest BCUT2D eigenvalue weighted by atomic mass is 10.1. The highest BCUT2D eigenvalue weighted by atomic mass is 16.6. The van der Waals surface area contributed by atoms with Gasteiger partial charge in [0, 0.05) is 11.8 Å². The lowest BCUT2D eigenvalue weighted by Crippen LogP contribution is -2.19. The Balaban J connectivity index is 1.53. The van der Waals surface area contributed by atoms with Gasteiger partial charge in [-0.15, -0.1) is 0 Å². The fourth-order valence-electron chi connectivity index (χ4n) is 2.80. The Bertz CT molecular complexity index is 1020. The van der Waals surface area contributed by atoms with Gasteiger partial charge in [0.05, 0.1) is 23.1 Å². The van der Waals surface area contributed by atoms with Gasteiger partial charge >= 0.3 is 0 Å². The summed E-state index contributed by atoms with van der Waals surface area (Å²) < 4.78 is 11.0. The zero-order chi connectivity index (χ0) is 19.3. The molecule has 2 heterocycles. The number of fused-ring (bicyclic) bond motifs is 1. The number of nitrogens with zero attached hydrogens (tertiary/aromatic N) is 1. The van der Waals surface area contributed by atoms with E-state index in [4.69, 9.17) is 9.47 Å². The van der Waals surface area contributed by atoms with Gasteiger partial charge in [0.2, 0.25) is 0 Å². The van der Waals surface area contributed by atoms with Crippen LogP contribution in [0.5, 0.6) is 11.5 Å². The molecule has 1 aliphatic heterocycles. The summed E-state index contributed by atoms with van der Waals surface area (Å²) >= 11 is 0. The third kappa shape index (κ3) is 3.78. The minimum atomic E-state index is -0.349. The second-order valence-electron chi connectivity index (χ2n) is 6.05. The number of amides is 2. The molecule has 28 heavy (non-hydrogen) atoms. The number of carbonyl (C=O) groups excluding carboxylic acids is 2. The number of carbonyl (C=O) groups is 2. The van der Waals surface area contributed by atoms with E-state index in [1.54, 1.807) is 67.0 Å². The van der Waals surface area contributed by atoms with Gasteiger partial charge in [-0.1, -0.05) is 12.1 Å². The van der Waals surface area contributed by atoms with Crippen molar-refractivity contribution in [2.75, 3.05) is 23.8 Å². The van der Waals surface area contributed by atoms with Gasteiger partial charge in [-0.25, -0.2) is 0 Å². The van der Waals surface area contributed by atoms with Crippen LogP contribution < -0.4 is 20.1 Å². The van der Waals surface area contributed by atoms with E-state index < -0.39 is 0 Å². The van der Waals surface area contributed by atoms with Crippen LogP contribution in [0.1, 0.15) is 20.7 Å². The molecular weight excluding hydrogens is 358 g/mol. The van der Waals surface area contributed by atoms with Crippen molar-refractivity contribution in [3.63, 3.8) is 0 Å². The number of ether oxygens (including phenoxy) is 2. The second-order valence-corrected chi connectivity index (χ2v) is 6.05. The minimum Gasteiger partial charge on any atom is -0.486 e. The third-order valence-electron chi connectivity index (χ3n) is 4.14. The van der Waals surface area contributed by atoms with E-state index in [0.29, 0.717) is 47.2 Å². The molecule has 7 heteroatoms. The normalized spacial score (nSPS) is 12.1. The van der Waals surface area contributed by atoms with E-state index in [2.05, 4.69) is 15.6 Å². The van der Waals surface area contributed by atoms with Crippen LogP contribution in [-0.2, 0) is 0 Å². The number of hydrogen-bond acceptors (Lipinski definition) is 5. The number of nitrogens with one attached hydrogen (secondary N) is 2. The molecule has 0 atom stereocenters. The summed E-state index contributed by atoms with van der Waals surface area (Å²) in [4.78, 5) is 29.3. The number of pyridine rings is 1. The van der Waals surface area contributed by atoms with E-state index in [1.165, 1.54) is 0 Å². The van der Waals surface area contributed by atoms with E-state index in [-0.39, 0.29) is 11.8 Å². The molecule has 1 aromatic heterocycles. The smallest absolute Gasteiger partial charge is 0.257 e. The molecule has 3 aromatic rings. The van der Waals surface area contributed by atoms with Crippen LogP contribution in [0.25, 0.3) is 0 Å². The summed E-state index contributed by atoms with van der Waals surface area (Å²) in [5.41, 5.74) is 1.73. The summed E-state index contributed by atoms with van der Waals surface area (Å²) in [6.07, 6.45) is 3.17. The molecule has 0 unspecified atom stereocenters. The number of anilines is 2. The fraction of sp³-hybridized carbons (Fsp3) is 0.0952. The van der Waals surface area contributed by atoms with Crippen molar-refractivity contribution < 1.29 is 19.1 Å². The molecule has 0 aliphatic carbocycles. The van der Waals surface area contributed by atoms with E-state index in [9.17, 15) is 9.59 Å². The lowest BCUT2D eigenvalue weighted by molar-refractivity contribution is 0.102. The van der Waals surface area contributed by atoms with Crippen molar-refractivity contribution in [2.24, 2.45) is 0 Å². The van der Waals surface area contributed by atoms with E-state index in [1.807, 2.05) is 0 Å². The first-order valence-corrected chi connectivity index (χ1v) is 8.72. The summed E-state index contributed by atoms with van der Waals surface area (Å²) in [5.74, 6) is 0.449. The average Bonchev–Trinajstić information content (AvgIpc) is 2.74. The first-order valence-electron chi connectivity index (χ1n) is 8.72. The lowest BCUT2D eigenvalue weighted by Gasteiger charge is -2.19. The van der Waals surface area contributed by atoms with Crippen LogP contribution >= 0.6 is 0 Å². The van der Waals surface area contributed by atoms with E-state index >= 15 is 0 Å². The molecule has 0 fully saturated rings. The quantitative estimate of drug-likeness (QED) is 0.730. The maximum absolute atomic E-state index is 12.7. The van der Waals surface area contributed by atoms with Gasteiger partial charge < -0.3 is 20.1 Å². The van der Waals surface area contributed by atoms with Crippen LogP contribution in [-0.4, -0.2) is 30.0 Å². The molecule has 7 nitrogen and oxygen atoms in total. The molecule has 0 bridgehead atoms. The number of benzene rings is 2. The first-order chi connectivity index (χ1) is 13.7. The summed E-state index contributed by atoms with van der Waals surface area (Å²) in [7, 11) is 0. The molecule has 140 valence electrons. The zero-order valence-electron chi connectivity index (χ0n) is 14.8. The Morgan fingerprint density at radius 3 is 2.50 bits per heavy atom. The first kappa shape index (κ1) is 17.5. The van der Waals surface area contributed by atoms with Gasteiger partial charge in [-0.3, -0.25) is 14.6 Å². The van der Waals surface area contributed by atoms with Gasteiger partial charge in [0.15, 0.2) is 11.5 Å². The maximum atomic E-state index is 12.7. The number of hydrogen-bond donors (Lipinski definition) is 2. The molecule has 0 saturated carbocycles. The van der Waals surface area contributed by atoms with Crippen LogP contribution in [0.3, 0.4) is 0 Å². The standard InChI is InChI=1S/C21H17N3O4/c25-20(14-7-8-18-19(12-14)28-11-10-27-18)24-17-6-2-1-5-16(17)21(26)23-15-4-3-9-22-13-15/h1-9,12-13H,10-11H2,(H,23,26)(H,24,25). The molecule has 0 saturated heterocycles. The Morgan fingerprint density at radius 2 is 1.68 bits per heavy atom. The van der Waals surface area contributed by atoms with Gasteiger partial charge in [0.1, 0.15) is 13.2 Å². The number of rotatable bonds is 4. The van der Waals surface area contributed by atoms with Crippen molar-refractivity contribution in [2.45, 2.75) is 0 Å². The van der Waals surface area contributed by atoms with Crippen molar-refractivity contribution in [1.82, 2.24) is 4.98 Å². The zero-order valence-corrected chi connectivity index (χ0v) is 14.8. The number of para-hydroxylation sites is 1. The summed E-state index contributed by atoms with van der Waals surface area (Å²) in [6, 6.07) is 15.2. The fourth-order valence-corrected chi connectivity index (χ4v) is 2.80. The van der Waals surface area contributed by atoms with Crippen molar-refractivity contribution in [1.29, 1.82) is 0 Å². The van der Waals surface area contributed by atoms with Crippen LogP contribution in [0.2, 0.25) is 0 Å². The molecule has 2 amide bonds. The largest absolute Gasteiger partial charge is 0.486 e. The van der Waals surface area contributed by atoms with Crippen molar-refractivity contribution >= 4 is 23.2 Å². The Kier molecular flexibility index (Phi) is 4.88. The average molecular weight is 375 g/mol. The monoisotopic (exact) mass is 375 g/mol. The van der Waals surface area contributed by atoms with Gasteiger partial charge in [0.25, 0.3) is 11.8 Å². The number of aromatic nitrogens is 1. The van der Waals surface area contributed by atoms with Crippen molar-refractivity contribution in [3.8, 4) is 11.5 Å². The van der Waals surface area contributed by atoms with Gasteiger partial charge in [-0.05, 0) is 42.5 Å². The molecule has 0 spiro atoms. The van der Waals surface area contributed by atoms with Crippen LogP contribution in [0, 0.1) is 0 Å². The minimum absolute atomic E-state index is 0.342. The highest BCUT2D eigenvalue weighted by molar-refractivity contribution is 6.12. The molecule has 2 aromatic carbocycles. The maximum Gasteiger partial charge on any atom is 0.257 e. The highest BCUT2D eigenvalue weighted by Gasteiger charge is 2.17. The Hall–Kier alpha value is -3.87. The molecule has 1 aliphatic rings. The Labute approximate surface area is 161 Å². The second kappa shape index (κ2) is 7.79. The molecular formula is C21H17N3O4.